The van der Waals surface area contributed by atoms with Crippen molar-refractivity contribution in [2.75, 3.05) is 0 Å². The molecule has 0 heterocycles. The second kappa shape index (κ2) is 5.81. The van der Waals surface area contributed by atoms with Gasteiger partial charge in [-0.25, -0.2) is 0 Å². The first-order valence-corrected chi connectivity index (χ1v) is 9.40. The van der Waals surface area contributed by atoms with Crippen molar-refractivity contribution < 1.29 is 0 Å². The lowest BCUT2D eigenvalue weighted by Gasteiger charge is -2.56. The number of hydrogen-bond acceptors (Lipinski definition) is 2. The third-order valence-corrected chi connectivity index (χ3v) is 7.49. The molecule has 2 heteroatoms. The Morgan fingerprint density at radius 2 is 2.17 bits per heavy atom. The van der Waals surface area contributed by atoms with E-state index in [0.717, 1.165) is 18.8 Å². The van der Waals surface area contributed by atoms with Gasteiger partial charge in [0.2, 0.25) is 0 Å². The van der Waals surface area contributed by atoms with Gasteiger partial charge in [-0.3, -0.25) is 0 Å². The molecule has 0 spiro atoms. The van der Waals surface area contributed by atoms with Crippen LogP contribution in [0.2, 0.25) is 0 Å². The minimum absolute atomic E-state index is 0.233. The van der Waals surface area contributed by atoms with Crippen molar-refractivity contribution in [3.63, 3.8) is 0 Å². The van der Waals surface area contributed by atoms with E-state index in [-0.39, 0.29) is 10.8 Å². The SMILES string of the molecule is C=CNC1=CCC2C(CCC3(C)C(=C)CC(N)C23)C1(C)CCC. The zero-order valence-corrected chi connectivity index (χ0v) is 15.2. The van der Waals surface area contributed by atoms with Crippen LogP contribution in [0.25, 0.3) is 0 Å². The Hall–Kier alpha value is -1.02. The van der Waals surface area contributed by atoms with Crippen LogP contribution >= 0.6 is 0 Å². The van der Waals surface area contributed by atoms with Crippen molar-refractivity contribution in [1.29, 1.82) is 0 Å². The van der Waals surface area contributed by atoms with Crippen molar-refractivity contribution in [2.24, 2.45) is 34.3 Å². The zero-order valence-electron chi connectivity index (χ0n) is 15.2. The van der Waals surface area contributed by atoms with Gasteiger partial charge in [0.15, 0.2) is 0 Å². The van der Waals surface area contributed by atoms with E-state index in [1.54, 1.807) is 0 Å². The number of nitrogens with one attached hydrogen (secondary N) is 1. The highest BCUT2D eigenvalue weighted by atomic mass is 14.9. The second-order valence-corrected chi connectivity index (χ2v) is 8.59. The van der Waals surface area contributed by atoms with E-state index in [1.807, 2.05) is 6.20 Å². The predicted molar refractivity (Wildman–Crippen MR) is 98.6 cm³/mol. The Kier molecular flexibility index (Phi) is 4.25. The van der Waals surface area contributed by atoms with Crippen LogP contribution in [0, 0.1) is 28.6 Å². The third-order valence-electron chi connectivity index (χ3n) is 7.49. The molecule has 0 saturated heterocycles. The lowest BCUT2D eigenvalue weighted by molar-refractivity contribution is -0.0148. The second-order valence-electron chi connectivity index (χ2n) is 8.59. The number of fused-ring (bicyclic) bond motifs is 3. The molecule has 23 heavy (non-hydrogen) atoms. The minimum Gasteiger partial charge on any atom is -0.365 e. The van der Waals surface area contributed by atoms with Gasteiger partial charge >= 0.3 is 0 Å². The molecule has 0 radical (unpaired) electrons. The molecule has 2 saturated carbocycles. The van der Waals surface area contributed by atoms with Gasteiger partial charge in [0.25, 0.3) is 0 Å². The molecule has 0 aromatic heterocycles. The van der Waals surface area contributed by atoms with E-state index in [4.69, 9.17) is 5.73 Å². The van der Waals surface area contributed by atoms with Gasteiger partial charge in [0, 0.05) is 17.2 Å². The average molecular weight is 315 g/mol. The van der Waals surface area contributed by atoms with Crippen LogP contribution in [-0.4, -0.2) is 6.04 Å². The Balaban J connectivity index is 1.99. The maximum absolute atomic E-state index is 6.61. The highest BCUT2D eigenvalue weighted by Gasteiger charge is 2.58. The number of hydrogen-bond donors (Lipinski definition) is 2. The average Bonchev–Trinajstić information content (AvgIpc) is 2.72. The fourth-order valence-corrected chi connectivity index (χ4v) is 6.37. The first kappa shape index (κ1) is 16.8. The molecule has 3 rings (SSSR count). The van der Waals surface area contributed by atoms with Crippen LogP contribution in [0.5, 0.6) is 0 Å². The summed E-state index contributed by atoms with van der Waals surface area (Å²) < 4.78 is 0. The van der Waals surface area contributed by atoms with E-state index in [9.17, 15) is 0 Å². The molecule has 128 valence electrons. The molecule has 0 aromatic rings. The Morgan fingerprint density at radius 1 is 1.43 bits per heavy atom. The third kappa shape index (κ3) is 2.33. The van der Waals surface area contributed by atoms with Crippen LogP contribution in [0.3, 0.4) is 0 Å². The summed E-state index contributed by atoms with van der Waals surface area (Å²) in [4.78, 5) is 0. The molecule has 0 bridgehead atoms. The molecule has 6 unspecified atom stereocenters. The Labute approximate surface area is 142 Å². The lowest BCUT2D eigenvalue weighted by atomic mass is 9.50. The summed E-state index contributed by atoms with van der Waals surface area (Å²) >= 11 is 0. The molecular weight excluding hydrogens is 280 g/mol. The van der Waals surface area contributed by atoms with Crippen molar-refractivity contribution >= 4 is 0 Å². The van der Waals surface area contributed by atoms with Crippen molar-refractivity contribution in [1.82, 2.24) is 5.32 Å². The standard InChI is InChI=1S/C21H34N2/c1-6-11-21(5)16-10-12-20(4)14(3)13-17(22)19(20)15(16)8-9-18(21)23-7-2/h7,9,15-17,19,23H,2-3,6,8,10-13,22H2,1,4-5H3. The van der Waals surface area contributed by atoms with Gasteiger partial charge in [-0.1, -0.05) is 52.0 Å². The molecule has 3 aliphatic carbocycles. The molecule has 3 N–H and O–H groups in total. The molecule has 6 atom stereocenters. The summed E-state index contributed by atoms with van der Waals surface area (Å²) in [5.41, 5.74) is 9.92. The zero-order chi connectivity index (χ0) is 16.8. The van der Waals surface area contributed by atoms with Gasteiger partial charge in [-0.2, -0.15) is 0 Å². The maximum atomic E-state index is 6.61. The normalized spacial score (nSPS) is 45.9. The van der Waals surface area contributed by atoms with E-state index in [0.29, 0.717) is 17.9 Å². The molecule has 2 fully saturated rings. The van der Waals surface area contributed by atoms with Gasteiger partial charge in [0.05, 0.1) is 0 Å². The smallest absolute Gasteiger partial charge is 0.0169 e. The molecule has 0 amide bonds. The molecular formula is C21H34N2. The summed E-state index contributed by atoms with van der Waals surface area (Å²) in [6.07, 6.45) is 11.5. The van der Waals surface area contributed by atoms with Crippen LogP contribution in [-0.2, 0) is 0 Å². The van der Waals surface area contributed by atoms with Crippen LogP contribution < -0.4 is 11.1 Å². The summed E-state index contributed by atoms with van der Waals surface area (Å²) in [6, 6.07) is 0.300. The fraction of sp³-hybridized carbons (Fsp3) is 0.714. The monoisotopic (exact) mass is 314 g/mol. The van der Waals surface area contributed by atoms with Gasteiger partial charge < -0.3 is 11.1 Å². The van der Waals surface area contributed by atoms with Crippen molar-refractivity contribution in [3.05, 3.63) is 36.7 Å². The van der Waals surface area contributed by atoms with E-state index in [1.165, 1.54) is 37.0 Å². The largest absolute Gasteiger partial charge is 0.365 e. The van der Waals surface area contributed by atoms with Crippen molar-refractivity contribution in [2.45, 2.75) is 65.3 Å². The first-order valence-electron chi connectivity index (χ1n) is 9.40. The summed E-state index contributed by atoms with van der Waals surface area (Å²) in [5.74, 6) is 2.03. The number of rotatable bonds is 4. The minimum atomic E-state index is 0.233. The van der Waals surface area contributed by atoms with Crippen LogP contribution in [0.4, 0.5) is 0 Å². The topological polar surface area (TPSA) is 38.0 Å². The molecule has 3 aliphatic rings. The van der Waals surface area contributed by atoms with Crippen LogP contribution in [0.1, 0.15) is 59.3 Å². The first-order chi connectivity index (χ1) is 10.9. The highest BCUT2D eigenvalue weighted by Crippen LogP contribution is 2.64. The fourth-order valence-electron chi connectivity index (χ4n) is 6.37. The molecule has 0 aromatic carbocycles. The lowest BCUT2D eigenvalue weighted by Crippen LogP contribution is -2.52. The van der Waals surface area contributed by atoms with E-state index in [2.05, 4.69) is 45.3 Å². The Bertz CT molecular complexity index is 534. The van der Waals surface area contributed by atoms with Gasteiger partial charge in [0.1, 0.15) is 0 Å². The predicted octanol–water partition coefficient (Wildman–Crippen LogP) is 4.75. The van der Waals surface area contributed by atoms with Crippen LogP contribution in [0.15, 0.2) is 36.7 Å². The van der Waals surface area contributed by atoms with Gasteiger partial charge in [-0.05, 0) is 61.5 Å². The molecule has 0 aliphatic heterocycles. The summed E-state index contributed by atoms with van der Waals surface area (Å²) in [6.45, 7) is 15.5. The molecule has 2 nitrogen and oxygen atoms in total. The van der Waals surface area contributed by atoms with E-state index >= 15 is 0 Å². The maximum Gasteiger partial charge on any atom is 0.0169 e. The number of allylic oxidation sites excluding steroid dienone is 2. The summed E-state index contributed by atoms with van der Waals surface area (Å²) in [7, 11) is 0. The summed E-state index contributed by atoms with van der Waals surface area (Å²) in [5, 5.41) is 3.46. The Morgan fingerprint density at radius 3 is 2.83 bits per heavy atom. The highest BCUT2D eigenvalue weighted by molar-refractivity contribution is 5.28. The van der Waals surface area contributed by atoms with Crippen molar-refractivity contribution in [3.8, 4) is 0 Å². The van der Waals surface area contributed by atoms with E-state index < -0.39 is 0 Å². The number of nitrogens with two attached hydrogens (primary N) is 1. The quantitative estimate of drug-likeness (QED) is 0.735. The van der Waals surface area contributed by atoms with Gasteiger partial charge in [-0.15, -0.1) is 0 Å².